The fourth-order valence-electron chi connectivity index (χ4n) is 0.823. The lowest BCUT2D eigenvalue weighted by atomic mass is 10.2. The van der Waals surface area contributed by atoms with Gasteiger partial charge in [-0.3, -0.25) is 0 Å². The van der Waals surface area contributed by atoms with Crippen molar-refractivity contribution in [2.45, 2.75) is 12.2 Å². The lowest BCUT2D eigenvalue weighted by Gasteiger charge is -2.13. The van der Waals surface area contributed by atoms with Crippen molar-refractivity contribution in [3.8, 4) is 0 Å². The van der Waals surface area contributed by atoms with Gasteiger partial charge in [0, 0.05) is 0 Å². The first kappa shape index (κ1) is 8.82. The average Bonchev–Trinajstić information content (AvgIpc) is 2.32. The molecule has 0 aromatic carbocycles. The number of carbonyl (C=O) groups excluding carboxylic acids is 1. The predicted molar refractivity (Wildman–Crippen MR) is 35.3 cm³/mol. The van der Waals surface area contributed by atoms with Crippen LogP contribution in [0.1, 0.15) is 0 Å². The summed E-state index contributed by atoms with van der Waals surface area (Å²) in [5, 5.41) is 35.0. The van der Waals surface area contributed by atoms with E-state index >= 15 is 0 Å². The molecule has 1 aliphatic rings. The van der Waals surface area contributed by atoms with Crippen LogP contribution in [-0.2, 0) is 9.53 Å². The Labute approximate surface area is 67.3 Å². The predicted octanol–water partition coefficient (Wildman–Crippen LogP) is -1.41. The zero-order chi connectivity index (χ0) is 9.30. The summed E-state index contributed by atoms with van der Waals surface area (Å²) in [4.78, 5) is 10.5. The van der Waals surface area contributed by atoms with Crippen molar-refractivity contribution in [3.05, 3.63) is 11.5 Å². The second kappa shape index (κ2) is 3.00. The van der Waals surface area contributed by atoms with Crippen molar-refractivity contribution >= 4 is 5.97 Å². The van der Waals surface area contributed by atoms with E-state index < -0.39 is 36.3 Å². The summed E-state index contributed by atoms with van der Waals surface area (Å²) in [6.45, 7) is -0.671. The van der Waals surface area contributed by atoms with Gasteiger partial charge in [0.15, 0.2) is 11.9 Å². The Morgan fingerprint density at radius 1 is 1.50 bits per heavy atom. The maximum Gasteiger partial charge on any atom is 0.377 e. The number of cyclic esters (lactones) is 1. The SMILES string of the molecule is O=[13C]1O[C@H](C(O)CO)C(O)=C1O. The van der Waals surface area contributed by atoms with Gasteiger partial charge < -0.3 is 25.2 Å². The maximum absolute atomic E-state index is 10.5. The molecule has 1 aliphatic heterocycles. The van der Waals surface area contributed by atoms with Crippen LogP contribution < -0.4 is 0 Å². The van der Waals surface area contributed by atoms with E-state index in [0.29, 0.717) is 0 Å². The summed E-state index contributed by atoms with van der Waals surface area (Å²) >= 11 is 0. The van der Waals surface area contributed by atoms with E-state index in [-0.39, 0.29) is 0 Å². The van der Waals surface area contributed by atoms with Crippen LogP contribution in [0.5, 0.6) is 0 Å². The molecule has 68 valence electrons. The molecule has 0 aliphatic carbocycles. The van der Waals surface area contributed by atoms with E-state index in [9.17, 15) is 4.79 Å². The van der Waals surface area contributed by atoms with Crippen LogP contribution in [0.25, 0.3) is 0 Å². The molecular formula is C6H8O6. The van der Waals surface area contributed by atoms with Crippen molar-refractivity contribution in [3.63, 3.8) is 0 Å². The van der Waals surface area contributed by atoms with E-state index in [2.05, 4.69) is 4.74 Å². The maximum atomic E-state index is 10.5. The van der Waals surface area contributed by atoms with Gasteiger partial charge >= 0.3 is 5.97 Å². The van der Waals surface area contributed by atoms with E-state index in [1.54, 1.807) is 0 Å². The van der Waals surface area contributed by atoms with E-state index in [4.69, 9.17) is 20.4 Å². The molecule has 0 fully saturated rings. The van der Waals surface area contributed by atoms with Crippen LogP contribution >= 0.6 is 0 Å². The minimum Gasteiger partial charge on any atom is -0.505 e. The lowest BCUT2D eigenvalue weighted by Crippen LogP contribution is -2.31. The molecule has 0 bridgehead atoms. The number of carbonyl (C=O) groups is 1. The Morgan fingerprint density at radius 3 is 2.42 bits per heavy atom. The molecule has 1 rings (SSSR count). The smallest absolute Gasteiger partial charge is 0.377 e. The lowest BCUT2D eigenvalue weighted by molar-refractivity contribution is -0.147. The highest BCUT2D eigenvalue weighted by atomic mass is 16.7. The molecule has 12 heavy (non-hydrogen) atoms. The molecule has 4 N–H and O–H groups in total. The standard InChI is InChI=1S/C6H8O6/c7-1-2(8)5-3(9)4(10)6(11)12-5/h2,5,7-10H,1H2/t2?,5-/m1/s1/i6+1. The Balaban J connectivity index is 2.80. The van der Waals surface area contributed by atoms with Gasteiger partial charge in [-0.15, -0.1) is 0 Å². The van der Waals surface area contributed by atoms with Crippen molar-refractivity contribution in [2.75, 3.05) is 6.61 Å². The molecule has 1 heterocycles. The molecule has 6 nitrogen and oxygen atoms in total. The van der Waals surface area contributed by atoms with Crippen LogP contribution in [0.15, 0.2) is 11.5 Å². The number of ether oxygens (including phenoxy) is 1. The van der Waals surface area contributed by atoms with Gasteiger partial charge in [0.25, 0.3) is 0 Å². The Kier molecular flexibility index (Phi) is 2.20. The van der Waals surface area contributed by atoms with Crippen molar-refractivity contribution in [1.82, 2.24) is 0 Å². The van der Waals surface area contributed by atoms with Gasteiger partial charge in [-0.25, -0.2) is 4.79 Å². The van der Waals surface area contributed by atoms with E-state index in [1.165, 1.54) is 0 Å². The highest BCUT2D eigenvalue weighted by Crippen LogP contribution is 2.20. The molecule has 2 atom stereocenters. The van der Waals surface area contributed by atoms with Gasteiger partial charge in [0.2, 0.25) is 5.76 Å². The molecule has 0 spiro atoms. The zero-order valence-electron chi connectivity index (χ0n) is 5.97. The third-order valence-electron chi connectivity index (χ3n) is 1.48. The van der Waals surface area contributed by atoms with E-state index in [1.807, 2.05) is 0 Å². The quantitative estimate of drug-likeness (QED) is 0.305. The number of hydrogen-bond donors (Lipinski definition) is 4. The second-order valence-electron chi connectivity index (χ2n) is 2.31. The van der Waals surface area contributed by atoms with Gasteiger partial charge in [-0.1, -0.05) is 0 Å². The molecule has 0 radical (unpaired) electrons. The molecule has 0 saturated heterocycles. The molecule has 0 aromatic rings. The summed E-state index contributed by atoms with van der Waals surface area (Å²) in [6, 6.07) is 0. The molecular weight excluding hydrogens is 169 g/mol. The van der Waals surface area contributed by atoms with Crippen molar-refractivity contribution in [2.24, 2.45) is 0 Å². The average molecular weight is 177 g/mol. The first-order valence-electron chi connectivity index (χ1n) is 3.20. The van der Waals surface area contributed by atoms with Gasteiger partial charge in [-0.05, 0) is 0 Å². The summed E-state index contributed by atoms with van der Waals surface area (Å²) < 4.78 is 4.32. The largest absolute Gasteiger partial charge is 0.505 e. The summed E-state index contributed by atoms with van der Waals surface area (Å²) in [6.07, 6.45) is -2.78. The third-order valence-corrected chi connectivity index (χ3v) is 1.48. The number of aliphatic hydroxyl groups excluding tert-OH is 4. The number of rotatable bonds is 2. The topological polar surface area (TPSA) is 107 Å². The Bertz CT molecular complexity index is 232. The second-order valence-corrected chi connectivity index (χ2v) is 2.31. The highest BCUT2D eigenvalue weighted by Gasteiger charge is 2.38. The summed E-state index contributed by atoms with van der Waals surface area (Å²) in [7, 11) is 0. The minimum absolute atomic E-state index is 0.671. The highest BCUT2D eigenvalue weighted by molar-refractivity contribution is 5.89. The molecule has 0 aromatic heterocycles. The molecule has 6 heteroatoms. The monoisotopic (exact) mass is 177 g/mol. The van der Waals surface area contributed by atoms with Gasteiger partial charge in [0.05, 0.1) is 6.61 Å². The van der Waals surface area contributed by atoms with Crippen LogP contribution in [0.3, 0.4) is 0 Å². The van der Waals surface area contributed by atoms with E-state index in [0.717, 1.165) is 0 Å². The van der Waals surface area contributed by atoms with Crippen molar-refractivity contribution < 1.29 is 30.0 Å². The first-order valence-corrected chi connectivity index (χ1v) is 3.20. The zero-order valence-corrected chi connectivity index (χ0v) is 5.97. The molecule has 1 unspecified atom stereocenters. The third kappa shape index (κ3) is 1.21. The van der Waals surface area contributed by atoms with Crippen LogP contribution in [0, 0.1) is 0 Å². The first-order chi connectivity index (χ1) is 5.57. The minimum atomic E-state index is -1.42. The van der Waals surface area contributed by atoms with Crippen LogP contribution in [-0.4, -0.2) is 45.2 Å². The molecule has 0 amide bonds. The number of esters is 1. The normalized spacial score (nSPS) is 25.8. The van der Waals surface area contributed by atoms with Gasteiger partial charge in [-0.2, -0.15) is 0 Å². The van der Waals surface area contributed by atoms with Gasteiger partial charge in [0.1, 0.15) is 6.10 Å². The fourth-order valence-corrected chi connectivity index (χ4v) is 0.823. The van der Waals surface area contributed by atoms with Crippen molar-refractivity contribution in [1.29, 1.82) is 0 Å². The van der Waals surface area contributed by atoms with Crippen LogP contribution in [0.4, 0.5) is 0 Å². The summed E-state index contributed by atoms with van der Waals surface area (Å²) in [5.41, 5.74) is 0. The van der Waals surface area contributed by atoms with Crippen LogP contribution in [0.2, 0.25) is 0 Å². The molecule has 0 saturated carbocycles. The fraction of sp³-hybridized carbons (Fsp3) is 0.500. The Hall–Kier alpha value is -1.27. The number of aliphatic hydroxyl groups is 4. The summed E-state index contributed by atoms with van der Waals surface area (Å²) in [5.74, 6) is -2.78. The Morgan fingerprint density at radius 2 is 2.08 bits per heavy atom. The number of hydrogen-bond acceptors (Lipinski definition) is 6.